The van der Waals surface area contributed by atoms with Crippen LogP contribution in [0.25, 0.3) is 0 Å². The minimum absolute atomic E-state index is 0.118. The summed E-state index contributed by atoms with van der Waals surface area (Å²) in [5.41, 5.74) is 16.5. The molecular weight excluding hydrogens is 621 g/mol. The van der Waals surface area contributed by atoms with E-state index >= 15 is 0 Å². The molecular formula is C37H50N8S2. The molecule has 10 heteroatoms. The van der Waals surface area contributed by atoms with Crippen molar-refractivity contribution in [3.63, 3.8) is 0 Å². The van der Waals surface area contributed by atoms with E-state index in [4.69, 9.17) is 31.4 Å². The molecule has 0 saturated heterocycles. The van der Waals surface area contributed by atoms with Crippen LogP contribution in [0, 0.1) is 0 Å². The van der Waals surface area contributed by atoms with E-state index in [1.54, 1.807) is 23.5 Å². The van der Waals surface area contributed by atoms with Gasteiger partial charge in [-0.15, -0.1) is 23.5 Å². The maximum absolute atomic E-state index is 5.93. The van der Waals surface area contributed by atoms with Crippen LogP contribution < -0.4 is 22.1 Å². The first-order valence-electron chi connectivity index (χ1n) is 17.2. The lowest BCUT2D eigenvalue weighted by atomic mass is 9.50. The van der Waals surface area contributed by atoms with E-state index in [1.807, 2.05) is 0 Å². The number of rotatable bonds is 19. The molecule has 47 heavy (non-hydrogen) atoms. The first kappa shape index (κ1) is 35.1. The number of unbranched alkanes of at least 4 members (excludes halogenated alkanes) is 3. The fraction of sp³-hybridized carbons (Fsp3) is 0.459. The van der Waals surface area contributed by atoms with E-state index in [0.717, 1.165) is 65.3 Å². The number of anilines is 2. The second-order valence-corrected chi connectivity index (χ2v) is 14.3. The summed E-state index contributed by atoms with van der Waals surface area (Å²) < 4.78 is 0. The van der Waals surface area contributed by atoms with Crippen molar-refractivity contribution in [2.45, 2.75) is 79.7 Å². The Balaban J connectivity index is 1.63. The van der Waals surface area contributed by atoms with Crippen LogP contribution in [0.1, 0.15) is 92.1 Å². The Morgan fingerprint density at radius 2 is 1.02 bits per heavy atom. The van der Waals surface area contributed by atoms with Gasteiger partial charge >= 0.3 is 0 Å². The fourth-order valence-electron chi connectivity index (χ4n) is 6.48. The first-order valence-corrected chi connectivity index (χ1v) is 19.1. The van der Waals surface area contributed by atoms with Crippen molar-refractivity contribution < 1.29 is 0 Å². The van der Waals surface area contributed by atoms with Crippen LogP contribution in [0.4, 0.5) is 11.9 Å². The third kappa shape index (κ3) is 9.25. The van der Waals surface area contributed by atoms with Crippen molar-refractivity contribution in [3.8, 4) is 0 Å². The van der Waals surface area contributed by atoms with Crippen LogP contribution in [-0.2, 0) is 0 Å². The van der Waals surface area contributed by atoms with Gasteiger partial charge in [-0.1, -0.05) is 93.8 Å². The lowest BCUT2D eigenvalue weighted by Gasteiger charge is -2.52. The zero-order chi connectivity index (χ0) is 32.8. The Kier molecular flexibility index (Phi) is 13.7. The van der Waals surface area contributed by atoms with E-state index in [-0.39, 0.29) is 23.7 Å². The molecule has 1 aliphatic rings. The summed E-state index contributed by atoms with van der Waals surface area (Å²) in [6, 6.07) is 26.2. The van der Waals surface area contributed by atoms with Gasteiger partial charge in [0.05, 0.1) is 11.4 Å². The van der Waals surface area contributed by atoms with E-state index in [9.17, 15) is 0 Å². The van der Waals surface area contributed by atoms with Gasteiger partial charge in [0.1, 0.15) is 10.1 Å². The van der Waals surface area contributed by atoms with Crippen LogP contribution in [0.2, 0.25) is 0 Å². The van der Waals surface area contributed by atoms with Gasteiger partial charge in [-0.05, 0) is 36.1 Å². The molecule has 1 saturated carbocycles. The first-order chi connectivity index (χ1) is 23.2. The quantitative estimate of drug-likeness (QED) is 0.0449. The molecule has 2 aromatic heterocycles. The highest BCUT2D eigenvalue weighted by molar-refractivity contribution is 7.99. The highest BCUT2D eigenvalue weighted by atomic mass is 32.2. The number of hydrogen-bond donors (Lipinski definition) is 4. The molecule has 8 nitrogen and oxygen atoms in total. The van der Waals surface area contributed by atoms with Crippen LogP contribution in [-0.4, -0.2) is 57.6 Å². The highest BCUT2D eigenvalue weighted by Crippen LogP contribution is 2.66. The molecule has 0 amide bonds. The van der Waals surface area contributed by atoms with E-state index in [2.05, 4.69) is 97.3 Å². The Morgan fingerprint density at radius 1 is 0.574 bits per heavy atom. The average molecular weight is 671 g/mol. The van der Waals surface area contributed by atoms with Gasteiger partial charge in [-0.3, -0.25) is 0 Å². The molecule has 0 radical (unpaired) electrons. The van der Waals surface area contributed by atoms with E-state index < -0.39 is 0 Å². The van der Waals surface area contributed by atoms with Crippen molar-refractivity contribution in [1.82, 2.24) is 19.9 Å². The molecule has 2 heterocycles. The number of nitrogens with zero attached hydrogens (tertiary/aromatic N) is 4. The monoisotopic (exact) mass is 670 g/mol. The van der Waals surface area contributed by atoms with Gasteiger partial charge in [0.2, 0.25) is 11.9 Å². The molecule has 2 unspecified atom stereocenters. The molecule has 1 aliphatic carbocycles. The van der Waals surface area contributed by atoms with Gasteiger partial charge in [0.15, 0.2) is 0 Å². The van der Waals surface area contributed by atoms with Crippen molar-refractivity contribution in [3.05, 3.63) is 95.3 Å². The largest absolute Gasteiger partial charge is 0.354 e. The van der Waals surface area contributed by atoms with Crippen LogP contribution in [0.3, 0.4) is 0 Å². The zero-order valence-electron chi connectivity index (χ0n) is 27.8. The number of nitrogens with two attached hydrogens (primary N) is 2. The molecule has 5 rings (SSSR count). The summed E-state index contributed by atoms with van der Waals surface area (Å²) in [6.07, 6.45) is 5.62. The Bertz CT molecular complexity index is 1460. The van der Waals surface area contributed by atoms with E-state index in [0.29, 0.717) is 25.0 Å². The molecule has 0 aliphatic heterocycles. The Labute approximate surface area is 289 Å². The van der Waals surface area contributed by atoms with Gasteiger partial charge < -0.3 is 22.1 Å². The molecule has 2 aromatic carbocycles. The molecule has 250 valence electrons. The summed E-state index contributed by atoms with van der Waals surface area (Å²) in [6.45, 7) is 7.32. The zero-order valence-corrected chi connectivity index (χ0v) is 29.4. The highest BCUT2D eigenvalue weighted by Gasteiger charge is 2.54. The molecule has 0 spiro atoms. The second kappa shape index (κ2) is 18.4. The lowest BCUT2D eigenvalue weighted by Crippen LogP contribution is -2.41. The van der Waals surface area contributed by atoms with Crippen molar-refractivity contribution >= 4 is 35.4 Å². The molecule has 4 aromatic rings. The Morgan fingerprint density at radius 3 is 1.45 bits per heavy atom. The summed E-state index contributed by atoms with van der Waals surface area (Å²) >= 11 is 3.39. The number of aromatic nitrogens is 4. The SMILES string of the molecule is CCCCCNc1nc(SCCN)cc(C2C(c3ccccc3)C(c3cc(SCCN)nc(NCCCC)n3)C2c2ccccc2)n1. The average Bonchev–Trinajstić information content (AvgIpc) is 3.09. The third-order valence-corrected chi connectivity index (χ3v) is 10.5. The van der Waals surface area contributed by atoms with Crippen molar-refractivity contribution in [2.24, 2.45) is 11.5 Å². The summed E-state index contributed by atoms with van der Waals surface area (Å²) in [7, 11) is 0. The topological polar surface area (TPSA) is 128 Å². The Hall–Kier alpha value is -3.18. The number of thioether (sulfide) groups is 2. The number of nitrogens with one attached hydrogen (secondary N) is 2. The number of benzene rings is 2. The van der Waals surface area contributed by atoms with Crippen LogP contribution in [0.15, 0.2) is 82.8 Å². The molecule has 1 fully saturated rings. The number of hydrogen-bond acceptors (Lipinski definition) is 10. The van der Waals surface area contributed by atoms with Gasteiger partial charge in [-0.25, -0.2) is 19.9 Å². The van der Waals surface area contributed by atoms with Gasteiger partial charge in [0.25, 0.3) is 0 Å². The standard InChI is InChI=1S/C37H50N8S2/c1-3-5-13-21-41-37-43-29(25-31(45-37)47-23-19-39)35-32(26-14-9-7-10-15-26)34(33(35)27-16-11-8-12-17-27)28-24-30(46-22-18-38)44-36(42-28)40-20-6-4-2/h7-12,14-17,24-25,32-35H,3-6,13,18-23,38-39H2,1-2H3,(H,40,42,44)(H,41,43,45). The van der Waals surface area contributed by atoms with Crippen LogP contribution in [0.5, 0.6) is 0 Å². The fourth-order valence-corrected chi connectivity index (χ4v) is 7.84. The predicted molar refractivity (Wildman–Crippen MR) is 199 cm³/mol. The smallest absolute Gasteiger partial charge is 0.223 e. The molecule has 6 N–H and O–H groups in total. The molecule has 2 atom stereocenters. The minimum Gasteiger partial charge on any atom is -0.354 e. The third-order valence-electron chi connectivity index (χ3n) is 8.66. The van der Waals surface area contributed by atoms with E-state index in [1.165, 1.54) is 24.0 Å². The summed E-state index contributed by atoms with van der Waals surface area (Å²) in [5, 5.41) is 8.98. The molecule has 0 bridgehead atoms. The lowest BCUT2D eigenvalue weighted by molar-refractivity contribution is 0.219. The maximum atomic E-state index is 5.93. The summed E-state index contributed by atoms with van der Waals surface area (Å²) in [4.78, 5) is 20.3. The normalized spacial score (nSPS) is 18.9. The second-order valence-electron chi connectivity index (χ2n) is 12.0. The van der Waals surface area contributed by atoms with Crippen molar-refractivity contribution in [2.75, 3.05) is 48.3 Å². The summed E-state index contributed by atoms with van der Waals surface area (Å²) in [5.74, 6) is 3.55. The van der Waals surface area contributed by atoms with Gasteiger partial charge in [-0.2, -0.15) is 0 Å². The van der Waals surface area contributed by atoms with Crippen molar-refractivity contribution in [1.29, 1.82) is 0 Å². The van der Waals surface area contributed by atoms with Crippen LogP contribution >= 0.6 is 23.5 Å². The minimum atomic E-state index is 0.118. The van der Waals surface area contributed by atoms with Gasteiger partial charge in [0, 0.05) is 61.4 Å². The maximum Gasteiger partial charge on any atom is 0.223 e. The predicted octanol–water partition coefficient (Wildman–Crippen LogP) is 7.63.